The van der Waals surface area contributed by atoms with E-state index in [4.69, 9.17) is 5.14 Å². The van der Waals surface area contributed by atoms with Gasteiger partial charge in [0.15, 0.2) is 11.0 Å². The summed E-state index contributed by atoms with van der Waals surface area (Å²) in [5.41, 5.74) is 2.01. The van der Waals surface area contributed by atoms with E-state index in [1.54, 1.807) is 16.7 Å². The fraction of sp³-hybridized carbons (Fsp3) is 0.0870. The predicted molar refractivity (Wildman–Crippen MR) is 135 cm³/mol. The Balaban J connectivity index is 1.54. The molecule has 172 valence electrons. The average molecular weight is 510 g/mol. The number of primary sulfonamides is 1. The molecule has 3 heterocycles. The van der Waals surface area contributed by atoms with Crippen molar-refractivity contribution in [2.45, 2.75) is 16.3 Å². The third-order valence-electron chi connectivity index (χ3n) is 5.24. The molecule has 1 fully saturated rings. The van der Waals surface area contributed by atoms with E-state index in [1.165, 1.54) is 23.9 Å². The summed E-state index contributed by atoms with van der Waals surface area (Å²) in [6.45, 7) is 0.346. The highest BCUT2D eigenvalue weighted by Crippen LogP contribution is 2.50. The van der Waals surface area contributed by atoms with Gasteiger partial charge < -0.3 is 4.90 Å². The van der Waals surface area contributed by atoms with Gasteiger partial charge in [0.1, 0.15) is 9.80 Å². The summed E-state index contributed by atoms with van der Waals surface area (Å²) in [7, 11) is -1.91. The van der Waals surface area contributed by atoms with Crippen LogP contribution in [-0.4, -0.2) is 36.4 Å². The lowest BCUT2D eigenvalue weighted by Crippen LogP contribution is -2.29. The van der Waals surface area contributed by atoms with E-state index < -0.39 is 10.0 Å². The van der Waals surface area contributed by atoms with Crippen LogP contribution in [0, 0.1) is 0 Å². The number of carbonyl (C=O) groups excluding carboxylic acids is 1. The van der Waals surface area contributed by atoms with Gasteiger partial charge in [-0.3, -0.25) is 9.69 Å². The van der Waals surface area contributed by atoms with Gasteiger partial charge in [-0.25, -0.2) is 23.5 Å². The van der Waals surface area contributed by atoms with Crippen LogP contribution in [0.1, 0.15) is 5.56 Å². The first-order valence-electron chi connectivity index (χ1n) is 10.2. The number of pyridine rings is 1. The number of para-hydroxylation sites is 1. The Morgan fingerprint density at radius 3 is 2.41 bits per heavy atom. The molecule has 0 spiro atoms. The smallest absolute Gasteiger partial charge is 0.269 e. The lowest BCUT2D eigenvalue weighted by Gasteiger charge is -2.16. The van der Waals surface area contributed by atoms with Gasteiger partial charge >= 0.3 is 0 Å². The molecule has 0 unspecified atom stereocenters. The van der Waals surface area contributed by atoms with Gasteiger partial charge in [-0.15, -0.1) is 0 Å². The molecule has 0 atom stereocenters. The van der Waals surface area contributed by atoms with Crippen LogP contribution in [0.3, 0.4) is 0 Å². The molecule has 8 nitrogen and oxygen atoms in total. The molecule has 1 saturated heterocycles. The number of sulfonamides is 1. The molecule has 11 heteroatoms. The van der Waals surface area contributed by atoms with Crippen molar-refractivity contribution in [3.8, 4) is 0 Å². The highest BCUT2D eigenvalue weighted by molar-refractivity contribution is 8.19. The Bertz CT molecular complexity index is 1440. The highest BCUT2D eigenvalue weighted by Gasteiger charge is 2.39. The van der Waals surface area contributed by atoms with Crippen molar-refractivity contribution in [3.63, 3.8) is 0 Å². The van der Waals surface area contributed by atoms with E-state index in [0.29, 0.717) is 16.6 Å². The van der Waals surface area contributed by atoms with Gasteiger partial charge in [-0.2, -0.15) is 0 Å². The van der Waals surface area contributed by atoms with E-state index in [-0.39, 0.29) is 16.6 Å². The standard InChI is InChI=1S/C23H19N5O3S3/c1-27-17-9-5-6-10-18(17)32-22(27)20-21(29)28(14-15-7-3-2-4-8-15)23(33-20)26-19-12-11-16(13-25-19)34(24,30)31/h2-13H,14H2,1H3,(H2,24,30,31)/b22-20-,26-23?. The second-order valence-electron chi connectivity index (χ2n) is 7.53. The van der Waals surface area contributed by atoms with Gasteiger partial charge in [0, 0.05) is 18.1 Å². The number of rotatable bonds is 4. The SMILES string of the molecule is CN1/C(=C2/SC(=Nc3ccc(S(N)(=O)=O)cn3)N(Cc3ccccc3)C2=O)Sc2ccccc21. The van der Waals surface area contributed by atoms with Gasteiger partial charge in [0.2, 0.25) is 10.0 Å². The zero-order valence-corrected chi connectivity index (χ0v) is 20.4. The van der Waals surface area contributed by atoms with E-state index >= 15 is 0 Å². The summed E-state index contributed by atoms with van der Waals surface area (Å²) in [4.78, 5) is 27.5. The second kappa shape index (κ2) is 8.91. The zero-order valence-electron chi connectivity index (χ0n) is 18.0. The molecule has 34 heavy (non-hydrogen) atoms. The highest BCUT2D eigenvalue weighted by atomic mass is 32.2. The summed E-state index contributed by atoms with van der Waals surface area (Å²) in [6.07, 6.45) is 1.16. The lowest BCUT2D eigenvalue weighted by atomic mass is 10.2. The zero-order chi connectivity index (χ0) is 23.9. The van der Waals surface area contributed by atoms with Crippen molar-refractivity contribution in [3.05, 3.63) is 88.4 Å². The van der Waals surface area contributed by atoms with Crippen LogP contribution in [0.15, 0.2) is 97.6 Å². The third kappa shape index (κ3) is 4.34. The number of fused-ring (bicyclic) bond motifs is 1. The number of amides is 1. The Hall–Kier alpha value is -3.12. The third-order valence-corrected chi connectivity index (χ3v) is 8.57. The Morgan fingerprint density at radius 2 is 1.74 bits per heavy atom. The number of aliphatic imine (C=N–C) groups is 1. The first-order chi connectivity index (χ1) is 16.3. The van der Waals surface area contributed by atoms with Crippen molar-refractivity contribution in [1.29, 1.82) is 0 Å². The molecule has 1 aromatic heterocycles. The quantitative estimate of drug-likeness (QED) is 0.531. The Morgan fingerprint density at radius 1 is 1.00 bits per heavy atom. The van der Waals surface area contributed by atoms with Gasteiger partial charge in [-0.1, -0.05) is 54.2 Å². The fourth-order valence-electron chi connectivity index (χ4n) is 3.53. The first-order valence-corrected chi connectivity index (χ1v) is 13.4. The molecular formula is C23H19N5O3S3. The summed E-state index contributed by atoms with van der Waals surface area (Å²) < 4.78 is 23.1. The van der Waals surface area contributed by atoms with Crippen LogP contribution in [-0.2, 0) is 21.4 Å². The van der Waals surface area contributed by atoms with Crippen LogP contribution in [0.4, 0.5) is 11.5 Å². The Labute approximate surface area is 205 Å². The number of thioether (sulfide) groups is 2. The second-order valence-corrected chi connectivity index (χ2v) is 11.1. The summed E-state index contributed by atoms with van der Waals surface area (Å²) in [6, 6.07) is 20.5. The number of carbonyl (C=O) groups is 1. The minimum absolute atomic E-state index is 0.0997. The molecule has 1 amide bonds. The predicted octanol–water partition coefficient (Wildman–Crippen LogP) is 3.90. The maximum atomic E-state index is 13.6. The van der Waals surface area contributed by atoms with Crippen molar-refractivity contribution in [2.75, 3.05) is 11.9 Å². The van der Waals surface area contributed by atoms with E-state index in [0.717, 1.165) is 27.4 Å². The number of nitrogens with zero attached hydrogens (tertiary/aromatic N) is 4. The number of hydrogen-bond donors (Lipinski definition) is 1. The number of nitrogens with two attached hydrogens (primary N) is 1. The van der Waals surface area contributed by atoms with Crippen LogP contribution in [0.2, 0.25) is 0 Å². The minimum Gasteiger partial charge on any atom is -0.337 e. The molecule has 3 aromatic rings. The molecule has 2 aliphatic heterocycles. The molecule has 0 radical (unpaired) electrons. The average Bonchev–Trinajstić information content (AvgIpc) is 3.31. The molecular weight excluding hydrogens is 490 g/mol. The molecule has 2 N–H and O–H groups in total. The largest absolute Gasteiger partial charge is 0.337 e. The van der Waals surface area contributed by atoms with Gasteiger partial charge in [0.05, 0.1) is 17.3 Å². The van der Waals surface area contributed by atoms with Crippen molar-refractivity contribution >= 4 is 56.1 Å². The lowest BCUT2D eigenvalue weighted by molar-refractivity contribution is -0.122. The van der Waals surface area contributed by atoms with Gasteiger partial charge in [-0.05, 0) is 41.6 Å². The molecule has 0 saturated carbocycles. The number of hydrogen-bond acceptors (Lipinski definition) is 8. The minimum atomic E-state index is -3.86. The maximum absolute atomic E-state index is 13.6. The number of aromatic nitrogens is 1. The monoisotopic (exact) mass is 509 g/mol. The van der Waals surface area contributed by atoms with E-state index in [9.17, 15) is 13.2 Å². The topological polar surface area (TPSA) is 109 Å². The van der Waals surface area contributed by atoms with Gasteiger partial charge in [0.25, 0.3) is 5.91 Å². The van der Waals surface area contributed by atoms with Crippen LogP contribution in [0.25, 0.3) is 0 Å². The normalized spacial score (nSPS) is 19.2. The van der Waals surface area contributed by atoms with Crippen molar-refractivity contribution < 1.29 is 13.2 Å². The van der Waals surface area contributed by atoms with Crippen molar-refractivity contribution in [1.82, 2.24) is 9.88 Å². The van der Waals surface area contributed by atoms with Crippen LogP contribution >= 0.6 is 23.5 Å². The summed E-state index contributed by atoms with van der Waals surface area (Å²) in [5.74, 6) is 0.138. The molecule has 2 aromatic carbocycles. The molecule has 0 bridgehead atoms. The molecule has 5 rings (SSSR count). The van der Waals surface area contributed by atoms with Crippen LogP contribution in [0.5, 0.6) is 0 Å². The fourth-order valence-corrected chi connectivity index (χ4v) is 6.32. The van der Waals surface area contributed by atoms with E-state index in [2.05, 4.69) is 9.98 Å². The number of benzene rings is 2. The first kappa shape index (κ1) is 22.7. The van der Waals surface area contributed by atoms with Crippen LogP contribution < -0.4 is 10.0 Å². The maximum Gasteiger partial charge on any atom is 0.269 e. The summed E-state index contributed by atoms with van der Waals surface area (Å²) >= 11 is 2.84. The summed E-state index contributed by atoms with van der Waals surface area (Å²) in [5, 5.41) is 6.47. The molecule has 2 aliphatic rings. The van der Waals surface area contributed by atoms with E-state index in [1.807, 2.05) is 66.5 Å². The Kier molecular flexibility index (Phi) is 5.94. The van der Waals surface area contributed by atoms with Crippen molar-refractivity contribution in [2.24, 2.45) is 10.1 Å². The number of amidine groups is 1. The number of anilines is 1. The molecule has 0 aliphatic carbocycles.